The molecule has 5 rings (SSSR count). The van der Waals surface area contributed by atoms with Gasteiger partial charge in [-0.05, 0) is 44.4 Å². The van der Waals surface area contributed by atoms with E-state index < -0.39 is 11.6 Å². The highest BCUT2D eigenvalue weighted by Crippen LogP contribution is 2.32. The minimum atomic E-state index is -0.974. The number of benzene rings is 1. The van der Waals surface area contributed by atoms with Crippen LogP contribution >= 0.6 is 22.7 Å². The van der Waals surface area contributed by atoms with E-state index in [1.807, 2.05) is 11.6 Å². The molecule has 0 aliphatic carbocycles. The van der Waals surface area contributed by atoms with Gasteiger partial charge in [0, 0.05) is 30.7 Å². The van der Waals surface area contributed by atoms with Crippen molar-refractivity contribution in [2.45, 2.75) is 32.7 Å². The van der Waals surface area contributed by atoms with Crippen molar-refractivity contribution in [3.05, 3.63) is 63.5 Å². The molecule has 0 saturated carbocycles. The number of hydrogen-bond donors (Lipinski definition) is 1. The molecule has 0 unspecified atom stereocenters. The molecule has 11 heteroatoms. The van der Waals surface area contributed by atoms with Crippen molar-refractivity contribution in [2.75, 3.05) is 13.1 Å². The lowest BCUT2D eigenvalue weighted by atomic mass is 10.0. The van der Waals surface area contributed by atoms with Crippen molar-refractivity contribution in [2.24, 2.45) is 0 Å². The van der Waals surface area contributed by atoms with Gasteiger partial charge in [0.2, 0.25) is 0 Å². The summed E-state index contributed by atoms with van der Waals surface area (Å²) in [6, 6.07) is 3.35. The molecule has 1 atom stereocenters. The summed E-state index contributed by atoms with van der Waals surface area (Å²) in [6.45, 7) is 4.43. The Hall–Kier alpha value is -3.18. The van der Waals surface area contributed by atoms with E-state index in [2.05, 4.69) is 15.3 Å². The molecule has 34 heavy (non-hydrogen) atoms. The maximum absolute atomic E-state index is 13.8. The van der Waals surface area contributed by atoms with Crippen molar-refractivity contribution in [1.82, 2.24) is 24.6 Å². The number of fused-ring (bicyclic) bond motifs is 1. The quantitative estimate of drug-likeness (QED) is 0.448. The molecule has 3 aromatic heterocycles. The first-order valence-electron chi connectivity index (χ1n) is 10.8. The smallest absolute Gasteiger partial charge is 0.274 e. The van der Waals surface area contributed by atoms with Crippen molar-refractivity contribution in [1.29, 1.82) is 0 Å². The number of nitrogens with one attached hydrogen (secondary N) is 1. The summed E-state index contributed by atoms with van der Waals surface area (Å²) < 4.78 is 29.0. The number of amides is 2. The van der Waals surface area contributed by atoms with Gasteiger partial charge in [-0.1, -0.05) is 6.07 Å². The Morgan fingerprint density at radius 1 is 1.18 bits per heavy atom. The molecule has 7 nitrogen and oxygen atoms in total. The molecule has 1 aromatic carbocycles. The van der Waals surface area contributed by atoms with Gasteiger partial charge in [0.15, 0.2) is 16.6 Å². The van der Waals surface area contributed by atoms with Gasteiger partial charge < -0.3 is 10.2 Å². The van der Waals surface area contributed by atoms with E-state index in [0.29, 0.717) is 39.9 Å². The number of aryl methyl sites for hydroxylation is 2. The van der Waals surface area contributed by atoms with Crippen LogP contribution in [-0.4, -0.2) is 50.2 Å². The maximum atomic E-state index is 13.8. The minimum absolute atomic E-state index is 0.215. The molecule has 1 saturated heterocycles. The number of likely N-dealkylation sites (tertiary alicyclic amines) is 1. The zero-order chi connectivity index (χ0) is 24.0. The van der Waals surface area contributed by atoms with Gasteiger partial charge in [0.05, 0.1) is 15.6 Å². The summed E-state index contributed by atoms with van der Waals surface area (Å²) in [5, 5.41) is 5.58. The molecule has 1 N–H and O–H groups in total. The van der Waals surface area contributed by atoms with E-state index in [9.17, 15) is 18.4 Å². The van der Waals surface area contributed by atoms with Crippen LogP contribution in [0.3, 0.4) is 0 Å². The highest BCUT2D eigenvalue weighted by Gasteiger charge is 2.30. The topological polar surface area (TPSA) is 79.6 Å². The largest absolute Gasteiger partial charge is 0.346 e. The molecule has 0 radical (unpaired) electrons. The number of carbonyl (C=O) groups is 2. The van der Waals surface area contributed by atoms with E-state index >= 15 is 0 Å². The fourth-order valence-corrected chi connectivity index (χ4v) is 5.92. The summed E-state index contributed by atoms with van der Waals surface area (Å²) >= 11 is 2.72. The lowest BCUT2D eigenvalue weighted by Gasteiger charge is -2.33. The molecule has 2 amide bonds. The Morgan fingerprint density at radius 2 is 2.00 bits per heavy atom. The van der Waals surface area contributed by atoms with Gasteiger partial charge >= 0.3 is 0 Å². The number of aromatic nitrogens is 3. The lowest BCUT2D eigenvalue weighted by Crippen LogP contribution is -2.50. The SMILES string of the molecule is Cc1nc(C(=O)N2CCC[C@@H](NC(=O)c3c(C)nc4sccn34)C2)c(-c2ccc(F)c(F)c2)s1. The highest BCUT2D eigenvalue weighted by molar-refractivity contribution is 7.15. The molecule has 0 spiro atoms. The van der Waals surface area contributed by atoms with Gasteiger partial charge in [-0.2, -0.15) is 0 Å². The van der Waals surface area contributed by atoms with Crippen LogP contribution in [0.4, 0.5) is 8.78 Å². The number of nitrogens with zero attached hydrogens (tertiary/aromatic N) is 4. The Labute approximate surface area is 202 Å². The number of thiazole rings is 2. The average Bonchev–Trinajstić information content (AvgIpc) is 3.49. The molecule has 1 fully saturated rings. The predicted molar refractivity (Wildman–Crippen MR) is 126 cm³/mol. The average molecular weight is 502 g/mol. The van der Waals surface area contributed by atoms with Gasteiger partial charge in [0.1, 0.15) is 11.4 Å². The molecular weight excluding hydrogens is 480 g/mol. The number of piperidine rings is 1. The number of hydrogen-bond acceptors (Lipinski definition) is 6. The van der Waals surface area contributed by atoms with Crippen molar-refractivity contribution < 1.29 is 18.4 Å². The van der Waals surface area contributed by atoms with Crippen LogP contribution in [0.15, 0.2) is 29.8 Å². The van der Waals surface area contributed by atoms with Crippen LogP contribution < -0.4 is 5.32 Å². The standard InChI is InChI=1S/C23H21F2N5O2S2/c1-12-19(30-8-9-33-23(30)26-12)21(31)28-15-4-3-7-29(11-15)22(32)18-20(34-13(2)27-18)14-5-6-16(24)17(25)10-14/h5-6,8-10,15H,3-4,7,11H2,1-2H3,(H,28,31)/t15-/m1/s1. The van der Waals surface area contributed by atoms with E-state index in [-0.39, 0.29) is 23.6 Å². The van der Waals surface area contributed by atoms with E-state index in [4.69, 9.17) is 0 Å². The van der Waals surface area contributed by atoms with Gasteiger partial charge in [-0.15, -0.1) is 22.7 Å². The van der Waals surface area contributed by atoms with Crippen LogP contribution in [0.2, 0.25) is 0 Å². The maximum Gasteiger partial charge on any atom is 0.274 e. The molecular formula is C23H21F2N5O2S2. The van der Waals surface area contributed by atoms with E-state index in [1.54, 1.807) is 23.1 Å². The first-order valence-corrected chi connectivity index (χ1v) is 12.5. The number of halogens is 2. The van der Waals surface area contributed by atoms with Crippen LogP contribution in [-0.2, 0) is 0 Å². The Balaban J connectivity index is 1.35. The van der Waals surface area contributed by atoms with E-state index in [1.165, 1.54) is 28.7 Å². The van der Waals surface area contributed by atoms with E-state index in [0.717, 1.165) is 29.9 Å². The second kappa shape index (κ2) is 8.88. The lowest BCUT2D eigenvalue weighted by molar-refractivity contribution is 0.0671. The predicted octanol–water partition coefficient (Wildman–Crippen LogP) is 4.45. The van der Waals surface area contributed by atoms with Gasteiger partial charge in [-0.25, -0.2) is 18.7 Å². The normalized spacial score (nSPS) is 16.2. The number of rotatable bonds is 4. The van der Waals surface area contributed by atoms with Crippen LogP contribution in [0, 0.1) is 25.5 Å². The molecule has 0 bridgehead atoms. The summed E-state index contributed by atoms with van der Waals surface area (Å²) in [5.74, 6) is -2.43. The monoisotopic (exact) mass is 501 g/mol. The summed E-state index contributed by atoms with van der Waals surface area (Å²) in [4.78, 5) is 38.1. The van der Waals surface area contributed by atoms with Crippen LogP contribution in [0.5, 0.6) is 0 Å². The van der Waals surface area contributed by atoms with Crippen molar-refractivity contribution >= 4 is 39.4 Å². The summed E-state index contributed by atoms with van der Waals surface area (Å²) in [7, 11) is 0. The third kappa shape index (κ3) is 4.09. The third-order valence-electron chi connectivity index (χ3n) is 5.81. The fourth-order valence-electron chi connectivity index (χ4n) is 4.26. The first kappa shape index (κ1) is 22.6. The first-order chi connectivity index (χ1) is 16.3. The molecule has 1 aliphatic heterocycles. The second-order valence-corrected chi connectivity index (χ2v) is 10.3. The molecule has 176 valence electrons. The third-order valence-corrected chi connectivity index (χ3v) is 7.59. The van der Waals surface area contributed by atoms with Gasteiger partial charge in [-0.3, -0.25) is 14.0 Å². The van der Waals surface area contributed by atoms with Gasteiger partial charge in [0.25, 0.3) is 11.8 Å². The number of carbonyl (C=O) groups excluding carboxylic acids is 2. The van der Waals surface area contributed by atoms with Crippen LogP contribution in [0.25, 0.3) is 15.4 Å². The Kier molecular flexibility index (Phi) is 5.90. The zero-order valence-corrected chi connectivity index (χ0v) is 20.1. The Bertz CT molecular complexity index is 1410. The molecule has 1 aliphatic rings. The highest BCUT2D eigenvalue weighted by atomic mass is 32.1. The molecule has 4 aromatic rings. The number of imidazole rings is 1. The van der Waals surface area contributed by atoms with Crippen molar-refractivity contribution in [3.8, 4) is 10.4 Å². The summed E-state index contributed by atoms with van der Waals surface area (Å²) in [6.07, 6.45) is 3.28. The fraction of sp³-hybridized carbons (Fsp3) is 0.304. The minimum Gasteiger partial charge on any atom is -0.346 e. The molecule has 4 heterocycles. The zero-order valence-electron chi connectivity index (χ0n) is 18.5. The van der Waals surface area contributed by atoms with Crippen molar-refractivity contribution in [3.63, 3.8) is 0 Å². The second-order valence-electron chi connectivity index (χ2n) is 8.20. The van der Waals surface area contributed by atoms with Crippen LogP contribution in [0.1, 0.15) is 44.5 Å². The summed E-state index contributed by atoms with van der Waals surface area (Å²) in [5.41, 5.74) is 1.77. The Morgan fingerprint density at radius 3 is 2.79 bits per heavy atom.